The quantitative estimate of drug-likeness (QED) is 0.665. The molecular weight excluding hydrogens is 256 g/mol. The van der Waals surface area contributed by atoms with Gasteiger partial charge < -0.3 is 9.84 Å². The van der Waals surface area contributed by atoms with Gasteiger partial charge in [-0.1, -0.05) is 13.3 Å². The Morgan fingerprint density at radius 3 is 2.40 bits per heavy atom. The summed E-state index contributed by atoms with van der Waals surface area (Å²) in [5.74, 6) is 0.896. The summed E-state index contributed by atoms with van der Waals surface area (Å²) in [5.41, 5.74) is 1.95. The van der Waals surface area contributed by atoms with E-state index in [-0.39, 0.29) is 5.75 Å². The standard InChI is InChI=1S/C15H16N2O3/c1-2-3-4-11-9-16-14(17-10-11)12-5-7-13(8-6-12)20-15(18)19/h5-10H,2-4H2,1H3,(H,18,19). The van der Waals surface area contributed by atoms with Crippen LogP contribution in [-0.2, 0) is 6.42 Å². The van der Waals surface area contributed by atoms with Crippen LogP contribution in [-0.4, -0.2) is 21.2 Å². The number of benzene rings is 1. The van der Waals surface area contributed by atoms with Gasteiger partial charge in [-0.3, -0.25) is 0 Å². The number of hydrogen-bond acceptors (Lipinski definition) is 4. The van der Waals surface area contributed by atoms with Gasteiger partial charge in [0.1, 0.15) is 5.75 Å². The summed E-state index contributed by atoms with van der Waals surface area (Å²) in [5, 5.41) is 8.51. The van der Waals surface area contributed by atoms with E-state index in [1.807, 2.05) is 12.4 Å². The fourth-order valence-electron chi connectivity index (χ4n) is 1.79. The Bertz CT molecular complexity index is 565. The highest BCUT2D eigenvalue weighted by atomic mass is 16.7. The monoisotopic (exact) mass is 272 g/mol. The summed E-state index contributed by atoms with van der Waals surface area (Å²) >= 11 is 0. The Labute approximate surface area is 117 Å². The van der Waals surface area contributed by atoms with Crippen molar-refractivity contribution >= 4 is 6.16 Å². The van der Waals surface area contributed by atoms with E-state index >= 15 is 0 Å². The minimum absolute atomic E-state index is 0.279. The first-order valence-corrected chi connectivity index (χ1v) is 6.51. The third-order valence-corrected chi connectivity index (χ3v) is 2.84. The number of carboxylic acid groups (broad SMARTS) is 1. The summed E-state index contributed by atoms with van der Waals surface area (Å²) in [4.78, 5) is 19.0. The minimum atomic E-state index is -1.32. The van der Waals surface area contributed by atoms with Crippen molar-refractivity contribution in [3.05, 3.63) is 42.2 Å². The summed E-state index contributed by atoms with van der Waals surface area (Å²) in [6.07, 6.45) is 5.60. The second-order valence-electron chi connectivity index (χ2n) is 4.41. The number of rotatable bonds is 5. The number of ether oxygens (including phenoxy) is 1. The smallest absolute Gasteiger partial charge is 0.449 e. The average Bonchev–Trinajstić information content (AvgIpc) is 2.46. The van der Waals surface area contributed by atoms with Gasteiger partial charge in [-0.2, -0.15) is 0 Å². The molecule has 0 atom stereocenters. The van der Waals surface area contributed by atoms with Crippen LogP contribution in [0.2, 0.25) is 0 Å². The summed E-state index contributed by atoms with van der Waals surface area (Å²) in [6, 6.07) is 6.63. The zero-order valence-corrected chi connectivity index (χ0v) is 11.2. The lowest BCUT2D eigenvalue weighted by Crippen LogP contribution is -2.02. The van der Waals surface area contributed by atoms with E-state index in [2.05, 4.69) is 21.6 Å². The fourth-order valence-corrected chi connectivity index (χ4v) is 1.79. The highest BCUT2D eigenvalue weighted by Crippen LogP contribution is 2.19. The van der Waals surface area contributed by atoms with Crippen LogP contribution in [0.4, 0.5) is 4.79 Å². The predicted molar refractivity (Wildman–Crippen MR) is 74.7 cm³/mol. The second kappa shape index (κ2) is 6.65. The van der Waals surface area contributed by atoms with Crippen molar-refractivity contribution in [3.8, 4) is 17.1 Å². The van der Waals surface area contributed by atoms with Gasteiger partial charge in [-0.15, -0.1) is 0 Å². The molecule has 1 aromatic carbocycles. The Morgan fingerprint density at radius 2 is 1.85 bits per heavy atom. The lowest BCUT2D eigenvalue weighted by molar-refractivity contribution is 0.144. The molecule has 0 radical (unpaired) electrons. The van der Waals surface area contributed by atoms with Gasteiger partial charge in [-0.05, 0) is 42.7 Å². The third kappa shape index (κ3) is 3.78. The van der Waals surface area contributed by atoms with E-state index < -0.39 is 6.16 Å². The number of aryl methyl sites for hydroxylation is 1. The van der Waals surface area contributed by atoms with Crippen LogP contribution in [0.1, 0.15) is 25.3 Å². The molecule has 0 amide bonds. The lowest BCUT2D eigenvalue weighted by Gasteiger charge is -2.04. The van der Waals surface area contributed by atoms with Crippen molar-refractivity contribution in [3.63, 3.8) is 0 Å². The third-order valence-electron chi connectivity index (χ3n) is 2.84. The van der Waals surface area contributed by atoms with Crippen molar-refractivity contribution in [2.75, 3.05) is 0 Å². The maximum Gasteiger partial charge on any atom is 0.511 e. The molecular formula is C15H16N2O3. The Morgan fingerprint density at radius 1 is 1.20 bits per heavy atom. The van der Waals surface area contributed by atoms with E-state index in [4.69, 9.17) is 5.11 Å². The molecule has 5 nitrogen and oxygen atoms in total. The SMILES string of the molecule is CCCCc1cnc(-c2ccc(OC(=O)O)cc2)nc1. The summed E-state index contributed by atoms with van der Waals surface area (Å²) in [6.45, 7) is 2.15. The maximum absolute atomic E-state index is 10.4. The highest BCUT2D eigenvalue weighted by Gasteiger charge is 2.04. The Balaban J connectivity index is 2.09. The molecule has 1 heterocycles. The van der Waals surface area contributed by atoms with Gasteiger partial charge in [0.15, 0.2) is 5.82 Å². The molecule has 20 heavy (non-hydrogen) atoms. The van der Waals surface area contributed by atoms with E-state index in [9.17, 15) is 4.79 Å². The van der Waals surface area contributed by atoms with Crippen molar-refractivity contribution < 1.29 is 14.6 Å². The molecule has 2 aromatic rings. The number of unbranched alkanes of at least 4 members (excludes halogenated alkanes) is 1. The number of aromatic nitrogens is 2. The molecule has 0 aliphatic carbocycles. The molecule has 0 bridgehead atoms. The number of nitrogens with zero attached hydrogens (tertiary/aromatic N) is 2. The van der Waals surface area contributed by atoms with E-state index in [0.717, 1.165) is 30.4 Å². The molecule has 0 unspecified atom stereocenters. The highest BCUT2D eigenvalue weighted by molar-refractivity contribution is 5.62. The molecule has 0 aliphatic heterocycles. The van der Waals surface area contributed by atoms with Gasteiger partial charge >= 0.3 is 6.16 Å². The maximum atomic E-state index is 10.4. The lowest BCUT2D eigenvalue weighted by atomic mass is 10.1. The van der Waals surface area contributed by atoms with Crippen LogP contribution in [0, 0.1) is 0 Å². The zero-order valence-electron chi connectivity index (χ0n) is 11.2. The molecule has 0 spiro atoms. The van der Waals surface area contributed by atoms with Gasteiger partial charge in [0.25, 0.3) is 0 Å². The number of carbonyl (C=O) groups is 1. The first kappa shape index (κ1) is 14.0. The largest absolute Gasteiger partial charge is 0.511 e. The zero-order chi connectivity index (χ0) is 14.4. The Kier molecular flexibility index (Phi) is 4.65. The molecule has 5 heteroatoms. The van der Waals surface area contributed by atoms with Crippen LogP contribution in [0.25, 0.3) is 11.4 Å². The molecule has 0 saturated carbocycles. The normalized spacial score (nSPS) is 10.2. The van der Waals surface area contributed by atoms with Gasteiger partial charge in [0, 0.05) is 18.0 Å². The van der Waals surface area contributed by atoms with E-state index in [0.29, 0.717) is 5.82 Å². The van der Waals surface area contributed by atoms with Crippen LogP contribution in [0.5, 0.6) is 5.75 Å². The van der Waals surface area contributed by atoms with Crippen molar-refractivity contribution in [2.45, 2.75) is 26.2 Å². The first-order valence-electron chi connectivity index (χ1n) is 6.51. The minimum Gasteiger partial charge on any atom is -0.449 e. The first-order chi connectivity index (χ1) is 9.69. The molecule has 104 valence electrons. The predicted octanol–water partition coefficient (Wildman–Crippen LogP) is 3.54. The van der Waals surface area contributed by atoms with Gasteiger partial charge in [0.2, 0.25) is 0 Å². The van der Waals surface area contributed by atoms with E-state index in [1.165, 1.54) is 0 Å². The van der Waals surface area contributed by atoms with Gasteiger partial charge in [0.05, 0.1) is 0 Å². The molecule has 0 aliphatic rings. The molecule has 0 fully saturated rings. The molecule has 0 saturated heterocycles. The van der Waals surface area contributed by atoms with E-state index in [1.54, 1.807) is 24.3 Å². The average molecular weight is 272 g/mol. The molecule has 1 N–H and O–H groups in total. The second-order valence-corrected chi connectivity index (χ2v) is 4.41. The van der Waals surface area contributed by atoms with Crippen LogP contribution in [0.15, 0.2) is 36.7 Å². The number of hydrogen-bond donors (Lipinski definition) is 1. The van der Waals surface area contributed by atoms with Crippen LogP contribution >= 0.6 is 0 Å². The van der Waals surface area contributed by atoms with Crippen molar-refractivity contribution in [1.29, 1.82) is 0 Å². The van der Waals surface area contributed by atoms with Crippen molar-refractivity contribution in [1.82, 2.24) is 9.97 Å². The molecule has 1 aromatic heterocycles. The fraction of sp³-hybridized carbons (Fsp3) is 0.267. The van der Waals surface area contributed by atoms with Crippen molar-refractivity contribution in [2.24, 2.45) is 0 Å². The topological polar surface area (TPSA) is 72.3 Å². The Hall–Kier alpha value is -2.43. The van der Waals surface area contributed by atoms with Crippen LogP contribution in [0.3, 0.4) is 0 Å². The molecule has 2 rings (SSSR count). The van der Waals surface area contributed by atoms with Gasteiger partial charge in [-0.25, -0.2) is 14.8 Å². The summed E-state index contributed by atoms with van der Waals surface area (Å²) in [7, 11) is 0. The summed E-state index contributed by atoms with van der Waals surface area (Å²) < 4.78 is 4.54. The van der Waals surface area contributed by atoms with Crippen LogP contribution < -0.4 is 4.74 Å².